The van der Waals surface area contributed by atoms with E-state index in [0.29, 0.717) is 5.92 Å². The molecule has 4 atom stereocenters. The van der Waals surface area contributed by atoms with E-state index in [4.69, 9.17) is 4.74 Å². The zero-order valence-electron chi connectivity index (χ0n) is 11.3. The monoisotopic (exact) mass is 230 g/mol. The van der Waals surface area contributed by atoms with Gasteiger partial charge in [0.25, 0.3) is 0 Å². The lowest BCUT2D eigenvalue weighted by Crippen LogP contribution is -2.42. The molecule has 0 aromatic carbocycles. The highest BCUT2D eigenvalue weighted by molar-refractivity contribution is 4.89. The average molecular weight is 230 g/mol. The number of alkyl halides is 1. The zero-order chi connectivity index (χ0) is 12.2. The molecule has 0 bridgehead atoms. The van der Waals surface area contributed by atoms with Crippen LogP contribution in [-0.4, -0.2) is 18.9 Å². The molecule has 2 heteroatoms. The van der Waals surface area contributed by atoms with E-state index in [2.05, 4.69) is 20.8 Å². The Balaban J connectivity index is 2.59. The maximum Gasteiger partial charge on any atom is 0.116 e. The first-order chi connectivity index (χ1) is 7.54. The molecular formula is C14H27FO. The van der Waals surface area contributed by atoms with Crippen LogP contribution in [-0.2, 0) is 4.74 Å². The fourth-order valence-corrected chi connectivity index (χ4v) is 2.82. The molecule has 1 saturated carbocycles. The average Bonchev–Trinajstić information content (AvgIpc) is 2.29. The second kappa shape index (κ2) is 6.00. The van der Waals surface area contributed by atoms with Gasteiger partial charge in [0.2, 0.25) is 0 Å². The lowest BCUT2D eigenvalue weighted by atomic mass is 9.65. The summed E-state index contributed by atoms with van der Waals surface area (Å²) in [5, 5.41) is 0. The molecule has 1 nitrogen and oxygen atoms in total. The third-order valence-corrected chi connectivity index (χ3v) is 4.68. The minimum atomic E-state index is -0.356. The van der Waals surface area contributed by atoms with Gasteiger partial charge < -0.3 is 4.74 Å². The molecule has 0 N–H and O–H groups in total. The van der Waals surface area contributed by atoms with Crippen molar-refractivity contribution in [2.45, 2.75) is 72.0 Å². The van der Waals surface area contributed by atoms with E-state index in [1.165, 1.54) is 25.7 Å². The highest BCUT2D eigenvalue weighted by Crippen LogP contribution is 2.44. The molecule has 96 valence electrons. The van der Waals surface area contributed by atoms with Crippen LogP contribution in [0.15, 0.2) is 0 Å². The zero-order valence-corrected chi connectivity index (χ0v) is 11.3. The molecule has 0 aliphatic heterocycles. The molecule has 16 heavy (non-hydrogen) atoms. The number of hydrogen-bond donors (Lipinski definition) is 0. The molecule has 0 heterocycles. The van der Waals surface area contributed by atoms with Gasteiger partial charge in [-0.1, -0.05) is 40.0 Å². The van der Waals surface area contributed by atoms with Crippen molar-refractivity contribution in [1.82, 2.24) is 0 Å². The largest absolute Gasteiger partial charge is 0.372 e. The molecule has 0 spiro atoms. The summed E-state index contributed by atoms with van der Waals surface area (Å²) in [6, 6.07) is 0. The van der Waals surface area contributed by atoms with Crippen molar-refractivity contribution >= 4 is 0 Å². The van der Waals surface area contributed by atoms with Crippen molar-refractivity contribution in [2.75, 3.05) is 6.67 Å². The predicted octanol–water partition coefficient (Wildman–Crippen LogP) is 4.36. The third kappa shape index (κ3) is 2.97. The van der Waals surface area contributed by atoms with Crippen LogP contribution in [0.3, 0.4) is 0 Å². The molecular weight excluding hydrogens is 203 g/mol. The molecule has 1 aliphatic rings. The second-order valence-electron chi connectivity index (χ2n) is 5.62. The number of ether oxygens (including phenoxy) is 1. The quantitative estimate of drug-likeness (QED) is 0.682. The van der Waals surface area contributed by atoms with Gasteiger partial charge in [0, 0.05) is 0 Å². The van der Waals surface area contributed by atoms with Gasteiger partial charge in [-0.2, -0.15) is 0 Å². The summed E-state index contributed by atoms with van der Waals surface area (Å²) in [5.41, 5.74) is 0.237. The number of halogens is 1. The van der Waals surface area contributed by atoms with Crippen LogP contribution in [0.5, 0.6) is 0 Å². The summed E-state index contributed by atoms with van der Waals surface area (Å²) in [5.74, 6) is 0.688. The van der Waals surface area contributed by atoms with Crippen LogP contribution >= 0.6 is 0 Å². The van der Waals surface area contributed by atoms with Crippen LogP contribution in [0.4, 0.5) is 4.39 Å². The Morgan fingerprint density at radius 2 is 2.12 bits per heavy atom. The Bertz CT molecular complexity index is 203. The first-order valence-corrected chi connectivity index (χ1v) is 6.76. The summed E-state index contributed by atoms with van der Waals surface area (Å²) in [6.45, 7) is 8.39. The molecule has 0 saturated heterocycles. The highest BCUT2D eigenvalue weighted by atomic mass is 19.1. The van der Waals surface area contributed by atoms with E-state index in [-0.39, 0.29) is 24.3 Å². The minimum absolute atomic E-state index is 0.170. The molecule has 0 aromatic rings. The molecule has 1 aliphatic carbocycles. The Labute approximate surface area is 99.8 Å². The number of rotatable bonds is 5. The Hall–Kier alpha value is -0.110. The summed E-state index contributed by atoms with van der Waals surface area (Å²) >= 11 is 0. The van der Waals surface area contributed by atoms with E-state index >= 15 is 0 Å². The van der Waals surface area contributed by atoms with Gasteiger partial charge in [-0.25, -0.2) is 4.39 Å². The summed E-state index contributed by atoms with van der Waals surface area (Å²) in [6.07, 6.45) is 5.87. The summed E-state index contributed by atoms with van der Waals surface area (Å²) in [4.78, 5) is 0. The van der Waals surface area contributed by atoms with Crippen molar-refractivity contribution < 1.29 is 9.13 Å². The third-order valence-electron chi connectivity index (χ3n) is 4.68. The molecule has 0 aromatic heterocycles. The van der Waals surface area contributed by atoms with Crippen molar-refractivity contribution in [1.29, 1.82) is 0 Å². The van der Waals surface area contributed by atoms with E-state index in [0.717, 1.165) is 6.42 Å². The fourth-order valence-electron chi connectivity index (χ4n) is 2.82. The van der Waals surface area contributed by atoms with Gasteiger partial charge in [-0.05, 0) is 31.1 Å². The molecule has 0 amide bonds. The van der Waals surface area contributed by atoms with Crippen molar-refractivity contribution in [3.63, 3.8) is 0 Å². The first-order valence-electron chi connectivity index (χ1n) is 6.76. The maximum atomic E-state index is 12.7. The van der Waals surface area contributed by atoms with Crippen LogP contribution < -0.4 is 0 Å². The van der Waals surface area contributed by atoms with E-state index in [1.54, 1.807) is 0 Å². The Morgan fingerprint density at radius 3 is 2.62 bits per heavy atom. The Morgan fingerprint density at radius 1 is 1.44 bits per heavy atom. The van der Waals surface area contributed by atoms with E-state index in [9.17, 15) is 4.39 Å². The summed E-state index contributed by atoms with van der Waals surface area (Å²) in [7, 11) is 0. The smallest absolute Gasteiger partial charge is 0.116 e. The van der Waals surface area contributed by atoms with Crippen LogP contribution in [0.1, 0.15) is 59.8 Å². The van der Waals surface area contributed by atoms with Crippen LogP contribution in [0.2, 0.25) is 0 Å². The SMILES string of the molecule is CCC(CF)OC(C)C1(C)CCCC[C@H]1C. The van der Waals surface area contributed by atoms with Crippen LogP contribution in [0.25, 0.3) is 0 Å². The lowest BCUT2D eigenvalue weighted by Gasteiger charge is -2.44. The maximum absolute atomic E-state index is 12.7. The summed E-state index contributed by atoms with van der Waals surface area (Å²) < 4.78 is 18.6. The topological polar surface area (TPSA) is 9.23 Å². The molecule has 1 fully saturated rings. The van der Waals surface area contributed by atoms with E-state index in [1.807, 2.05) is 6.92 Å². The highest BCUT2D eigenvalue weighted by Gasteiger charge is 2.39. The van der Waals surface area contributed by atoms with Crippen LogP contribution in [0, 0.1) is 11.3 Å². The fraction of sp³-hybridized carbons (Fsp3) is 1.00. The van der Waals surface area contributed by atoms with E-state index < -0.39 is 0 Å². The predicted molar refractivity (Wildman–Crippen MR) is 66.3 cm³/mol. The lowest BCUT2D eigenvalue weighted by molar-refractivity contribution is -0.105. The minimum Gasteiger partial charge on any atom is -0.372 e. The van der Waals surface area contributed by atoms with Crippen molar-refractivity contribution in [3.05, 3.63) is 0 Å². The van der Waals surface area contributed by atoms with Gasteiger partial charge >= 0.3 is 0 Å². The second-order valence-corrected chi connectivity index (χ2v) is 5.62. The molecule has 3 unspecified atom stereocenters. The van der Waals surface area contributed by atoms with Crippen molar-refractivity contribution in [3.8, 4) is 0 Å². The van der Waals surface area contributed by atoms with Gasteiger partial charge in [-0.3, -0.25) is 0 Å². The molecule has 0 radical (unpaired) electrons. The molecule has 1 rings (SSSR count). The standard InChI is InChI=1S/C14H27FO/c1-5-13(10-15)16-12(3)14(4)9-7-6-8-11(14)2/h11-13H,5-10H2,1-4H3/t11-,12?,13?,14?/m1/s1. The van der Waals surface area contributed by atoms with Crippen molar-refractivity contribution in [2.24, 2.45) is 11.3 Å². The van der Waals surface area contributed by atoms with Gasteiger partial charge in [0.05, 0.1) is 12.2 Å². The normalized spacial score (nSPS) is 34.7. The number of hydrogen-bond acceptors (Lipinski definition) is 1. The first kappa shape index (κ1) is 14.0. The van der Waals surface area contributed by atoms with Gasteiger partial charge in [0.15, 0.2) is 0 Å². The van der Waals surface area contributed by atoms with Gasteiger partial charge in [0.1, 0.15) is 6.67 Å². The van der Waals surface area contributed by atoms with Gasteiger partial charge in [-0.15, -0.1) is 0 Å². The Kier molecular flexibility index (Phi) is 5.23.